The summed E-state index contributed by atoms with van der Waals surface area (Å²) in [6, 6.07) is 13.4. The van der Waals surface area contributed by atoms with Gasteiger partial charge in [0.15, 0.2) is 17.6 Å². The minimum Gasteiger partial charge on any atom is -0.482 e. The van der Waals surface area contributed by atoms with Gasteiger partial charge in [0.05, 0.1) is 30.2 Å². The van der Waals surface area contributed by atoms with Crippen LogP contribution in [0.2, 0.25) is 0 Å². The molecule has 2 amide bonds. The molecule has 1 aliphatic rings. The van der Waals surface area contributed by atoms with Crippen molar-refractivity contribution in [1.82, 2.24) is 14.8 Å². The van der Waals surface area contributed by atoms with Gasteiger partial charge in [-0.05, 0) is 43.3 Å². The molecule has 1 atom stereocenters. The Morgan fingerprint density at radius 3 is 2.65 bits per heavy atom. The van der Waals surface area contributed by atoms with Gasteiger partial charge < -0.3 is 19.4 Å². The minimum absolute atomic E-state index is 0.0401. The van der Waals surface area contributed by atoms with Crippen LogP contribution in [0, 0.1) is 0 Å². The Kier molecular flexibility index (Phi) is 6.82. The fourth-order valence-corrected chi connectivity index (χ4v) is 4.33. The highest BCUT2D eigenvalue weighted by molar-refractivity contribution is 7.99. The molecule has 1 N–H and O–H groups in total. The first-order valence-corrected chi connectivity index (χ1v) is 11.4. The molecule has 1 aromatic heterocycles. The van der Waals surface area contributed by atoms with Crippen LogP contribution in [0.3, 0.4) is 0 Å². The summed E-state index contributed by atoms with van der Waals surface area (Å²) in [4.78, 5) is 38.2. The Morgan fingerprint density at radius 1 is 1.18 bits per heavy atom. The second-order valence-electron chi connectivity index (χ2n) is 7.50. The van der Waals surface area contributed by atoms with Gasteiger partial charge in [0.2, 0.25) is 5.91 Å². The van der Waals surface area contributed by atoms with E-state index in [0.29, 0.717) is 33.7 Å². The predicted octanol–water partition coefficient (Wildman–Crippen LogP) is 2.82. The van der Waals surface area contributed by atoms with Gasteiger partial charge in [-0.3, -0.25) is 14.5 Å². The normalized spacial score (nSPS) is 13.6. The standard InChI is InChI=1S/C23H23N5O5S/c1-14(28-17-6-4-5-7-18(17)33-12-20(28)30)21-25-26-23(27(21)2)34-13-19(29)24-16-10-8-15(9-11-16)22(31)32-3/h4-11,14H,12-13H2,1-3H3,(H,24,29)/t14-/m0/s1. The highest BCUT2D eigenvalue weighted by Gasteiger charge is 2.32. The van der Waals surface area contributed by atoms with Crippen molar-refractivity contribution in [1.29, 1.82) is 0 Å². The zero-order valence-corrected chi connectivity index (χ0v) is 19.7. The van der Waals surface area contributed by atoms with Crippen molar-refractivity contribution in [2.45, 2.75) is 18.1 Å². The molecular weight excluding hydrogens is 458 g/mol. The van der Waals surface area contributed by atoms with Crippen molar-refractivity contribution in [3.8, 4) is 5.75 Å². The van der Waals surface area contributed by atoms with Crippen LogP contribution in [-0.2, 0) is 21.4 Å². The molecule has 2 aromatic carbocycles. The first kappa shape index (κ1) is 23.3. The number of nitrogens with one attached hydrogen (secondary N) is 1. The molecule has 0 saturated carbocycles. The van der Waals surface area contributed by atoms with Crippen LogP contribution in [0.1, 0.15) is 29.1 Å². The van der Waals surface area contributed by atoms with Crippen molar-refractivity contribution < 1.29 is 23.9 Å². The third kappa shape index (κ3) is 4.74. The van der Waals surface area contributed by atoms with Crippen LogP contribution in [0.15, 0.2) is 53.7 Å². The molecule has 0 aliphatic carbocycles. The maximum atomic E-state index is 12.6. The van der Waals surface area contributed by atoms with Gasteiger partial charge in [0.1, 0.15) is 5.75 Å². The average molecular weight is 482 g/mol. The van der Waals surface area contributed by atoms with Crippen LogP contribution in [-0.4, -0.2) is 52.0 Å². The number of ether oxygens (including phenoxy) is 2. The lowest BCUT2D eigenvalue weighted by atomic mass is 10.1. The molecule has 0 unspecified atom stereocenters. The zero-order valence-electron chi connectivity index (χ0n) is 18.8. The monoisotopic (exact) mass is 481 g/mol. The third-order valence-corrected chi connectivity index (χ3v) is 6.32. The number of fused-ring (bicyclic) bond motifs is 1. The number of nitrogens with zero attached hydrogens (tertiary/aromatic N) is 4. The lowest BCUT2D eigenvalue weighted by Gasteiger charge is -2.33. The van der Waals surface area contributed by atoms with E-state index < -0.39 is 5.97 Å². The smallest absolute Gasteiger partial charge is 0.337 e. The first-order valence-electron chi connectivity index (χ1n) is 10.4. The number of hydrogen-bond acceptors (Lipinski definition) is 8. The highest BCUT2D eigenvalue weighted by Crippen LogP contribution is 2.37. The van der Waals surface area contributed by atoms with E-state index in [1.165, 1.54) is 18.9 Å². The van der Waals surface area contributed by atoms with Gasteiger partial charge >= 0.3 is 5.97 Å². The minimum atomic E-state index is -0.442. The number of amides is 2. The van der Waals surface area contributed by atoms with Crippen LogP contribution < -0.4 is 15.0 Å². The molecular formula is C23H23N5O5S. The number of para-hydroxylation sites is 2. The lowest BCUT2D eigenvalue weighted by molar-refractivity contribution is -0.121. The van der Waals surface area contributed by atoms with E-state index in [0.717, 1.165) is 0 Å². The van der Waals surface area contributed by atoms with Crippen LogP contribution >= 0.6 is 11.8 Å². The number of carbonyl (C=O) groups is 3. The quantitative estimate of drug-likeness (QED) is 0.405. The fourth-order valence-electron chi connectivity index (χ4n) is 3.61. The summed E-state index contributed by atoms with van der Waals surface area (Å²) in [5, 5.41) is 11.8. The SMILES string of the molecule is COC(=O)c1ccc(NC(=O)CSc2nnc([C@H](C)N3C(=O)COc4ccccc43)n2C)cc1. The van der Waals surface area contributed by atoms with Crippen molar-refractivity contribution in [2.75, 3.05) is 29.7 Å². The van der Waals surface area contributed by atoms with Crippen molar-refractivity contribution in [3.05, 3.63) is 59.9 Å². The van der Waals surface area contributed by atoms with Crippen LogP contribution in [0.25, 0.3) is 0 Å². The van der Waals surface area contributed by atoms with Gasteiger partial charge in [-0.2, -0.15) is 0 Å². The summed E-state index contributed by atoms with van der Waals surface area (Å²) in [6.07, 6.45) is 0. The fraction of sp³-hybridized carbons (Fsp3) is 0.261. The van der Waals surface area contributed by atoms with E-state index in [1.807, 2.05) is 31.2 Å². The highest BCUT2D eigenvalue weighted by atomic mass is 32.2. The summed E-state index contributed by atoms with van der Waals surface area (Å²) in [5.74, 6) is 0.501. The first-order chi connectivity index (χ1) is 16.4. The van der Waals surface area contributed by atoms with Gasteiger partial charge in [-0.1, -0.05) is 23.9 Å². The van der Waals surface area contributed by atoms with E-state index >= 15 is 0 Å². The predicted molar refractivity (Wildman–Crippen MR) is 126 cm³/mol. The third-order valence-electron chi connectivity index (χ3n) is 5.30. The number of rotatable bonds is 7. The number of methoxy groups -OCH3 is 1. The number of esters is 1. The Hall–Kier alpha value is -3.86. The van der Waals surface area contributed by atoms with Crippen molar-refractivity contribution >= 4 is 40.9 Å². The molecule has 4 rings (SSSR count). The van der Waals surface area contributed by atoms with E-state index in [2.05, 4.69) is 20.3 Å². The van der Waals surface area contributed by atoms with Crippen molar-refractivity contribution in [3.63, 3.8) is 0 Å². The molecule has 3 aromatic rings. The lowest BCUT2D eigenvalue weighted by Crippen LogP contribution is -2.41. The number of anilines is 2. The van der Waals surface area contributed by atoms with Gasteiger partial charge in [-0.25, -0.2) is 4.79 Å². The number of aromatic nitrogens is 3. The number of hydrogen-bond donors (Lipinski definition) is 1. The summed E-state index contributed by atoms with van der Waals surface area (Å²) in [6.45, 7) is 1.84. The molecule has 176 valence electrons. The largest absolute Gasteiger partial charge is 0.482 e. The van der Waals surface area contributed by atoms with Gasteiger partial charge in [-0.15, -0.1) is 10.2 Å². The molecule has 0 radical (unpaired) electrons. The van der Waals surface area contributed by atoms with Crippen molar-refractivity contribution in [2.24, 2.45) is 7.05 Å². The van der Waals surface area contributed by atoms with E-state index in [1.54, 1.807) is 40.8 Å². The van der Waals surface area contributed by atoms with Crippen LogP contribution in [0.5, 0.6) is 5.75 Å². The number of benzene rings is 2. The molecule has 0 saturated heterocycles. The maximum absolute atomic E-state index is 12.6. The molecule has 11 heteroatoms. The topological polar surface area (TPSA) is 116 Å². The zero-order chi connectivity index (χ0) is 24.2. The Morgan fingerprint density at radius 2 is 1.91 bits per heavy atom. The average Bonchev–Trinajstić information content (AvgIpc) is 3.22. The number of thioether (sulfide) groups is 1. The van der Waals surface area contributed by atoms with E-state index in [4.69, 9.17) is 4.74 Å². The Labute approximate surface area is 200 Å². The Bertz CT molecular complexity index is 1230. The van der Waals surface area contributed by atoms with Gasteiger partial charge in [0, 0.05) is 12.7 Å². The van der Waals surface area contributed by atoms with Crippen LogP contribution in [0.4, 0.5) is 11.4 Å². The molecule has 2 heterocycles. The van der Waals surface area contributed by atoms with Gasteiger partial charge in [0.25, 0.3) is 5.91 Å². The summed E-state index contributed by atoms with van der Waals surface area (Å²) in [5.41, 5.74) is 1.65. The summed E-state index contributed by atoms with van der Waals surface area (Å²) < 4.78 is 12.0. The second-order valence-corrected chi connectivity index (χ2v) is 8.44. The maximum Gasteiger partial charge on any atom is 0.337 e. The van der Waals surface area contributed by atoms with E-state index in [9.17, 15) is 14.4 Å². The van der Waals surface area contributed by atoms with E-state index in [-0.39, 0.29) is 30.2 Å². The molecule has 10 nitrogen and oxygen atoms in total. The summed E-state index contributed by atoms with van der Waals surface area (Å²) in [7, 11) is 3.11. The molecule has 0 fully saturated rings. The summed E-state index contributed by atoms with van der Waals surface area (Å²) >= 11 is 1.23. The number of carbonyl (C=O) groups excluding carboxylic acids is 3. The Balaban J connectivity index is 1.40. The molecule has 34 heavy (non-hydrogen) atoms. The second kappa shape index (κ2) is 9.96. The molecule has 0 spiro atoms. The molecule has 1 aliphatic heterocycles. The molecule has 0 bridgehead atoms.